The number of carbonyl (C=O) groups is 2. The van der Waals surface area contributed by atoms with Crippen LogP contribution in [0, 0.1) is 6.92 Å². The number of carbonyl (C=O) groups excluding carboxylic acids is 1. The number of aryl methyl sites for hydroxylation is 1. The first-order valence-electron chi connectivity index (χ1n) is 9.86. The van der Waals surface area contributed by atoms with Gasteiger partial charge in [0.15, 0.2) is 5.96 Å². The van der Waals surface area contributed by atoms with Gasteiger partial charge in [-0.2, -0.15) is 0 Å². The summed E-state index contributed by atoms with van der Waals surface area (Å²) in [6.45, 7) is 1.32. The second-order valence-electron chi connectivity index (χ2n) is 7.13. The number of benzene rings is 1. The van der Waals surface area contributed by atoms with Crippen LogP contribution < -0.4 is 27.1 Å². The molecule has 1 aromatic heterocycles. The first-order chi connectivity index (χ1) is 15.5. The number of nitrogens with two attached hydrogens (primary N) is 2. The molecule has 0 saturated carbocycles. The third-order valence-corrected chi connectivity index (χ3v) is 6.07. The van der Waals surface area contributed by atoms with Crippen LogP contribution in [-0.2, 0) is 26.2 Å². The molecule has 7 N–H and O–H groups in total. The van der Waals surface area contributed by atoms with E-state index in [9.17, 15) is 27.9 Å². The highest BCUT2D eigenvalue weighted by molar-refractivity contribution is 7.92. The van der Waals surface area contributed by atoms with Gasteiger partial charge in [-0.3, -0.25) is 19.3 Å². The number of anilines is 1. The Balaban J connectivity index is 2.11. The van der Waals surface area contributed by atoms with Crippen LogP contribution in [0.15, 0.2) is 57.3 Å². The molecule has 2 aromatic rings. The Morgan fingerprint density at radius 3 is 2.52 bits per heavy atom. The fourth-order valence-electron chi connectivity index (χ4n) is 2.95. The number of hydrogen-bond acceptors (Lipinski definition) is 6. The van der Waals surface area contributed by atoms with Crippen LogP contribution in [0.25, 0.3) is 0 Å². The van der Waals surface area contributed by atoms with Crippen LogP contribution in [-0.4, -0.2) is 48.5 Å². The van der Waals surface area contributed by atoms with Gasteiger partial charge in [0.05, 0.1) is 4.90 Å². The number of sulfonamides is 1. The quantitative estimate of drug-likeness (QED) is 0.163. The lowest BCUT2D eigenvalue weighted by molar-refractivity contribution is -0.142. The Bertz CT molecular complexity index is 1200. The first kappa shape index (κ1) is 25.4. The van der Waals surface area contributed by atoms with Crippen molar-refractivity contribution in [3.63, 3.8) is 0 Å². The van der Waals surface area contributed by atoms with E-state index in [1.165, 1.54) is 24.4 Å². The molecule has 178 valence electrons. The van der Waals surface area contributed by atoms with Crippen molar-refractivity contribution in [1.29, 1.82) is 0 Å². The minimum Gasteiger partial charge on any atom is -0.480 e. The summed E-state index contributed by atoms with van der Waals surface area (Å²) in [5, 5.41) is 11.6. The number of hydrogen-bond donors (Lipinski definition) is 5. The third kappa shape index (κ3) is 7.35. The summed E-state index contributed by atoms with van der Waals surface area (Å²) >= 11 is 0. The minimum atomic E-state index is -4.03. The van der Waals surface area contributed by atoms with Crippen molar-refractivity contribution in [2.75, 3.05) is 11.3 Å². The van der Waals surface area contributed by atoms with Crippen LogP contribution in [0.4, 0.5) is 5.69 Å². The second-order valence-corrected chi connectivity index (χ2v) is 8.78. The molecule has 0 radical (unpaired) electrons. The van der Waals surface area contributed by atoms with E-state index in [1.54, 1.807) is 25.1 Å². The molecule has 13 heteroatoms. The average molecular weight is 479 g/mol. The molecular formula is C20H26N6O6S. The number of aliphatic imine (C=N–C) groups is 1. The van der Waals surface area contributed by atoms with Crippen molar-refractivity contribution in [1.82, 2.24) is 9.88 Å². The number of nitrogens with one attached hydrogen (secondary N) is 2. The monoisotopic (exact) mass is 478 g/mol. The summed E-state index contributed by atoms with van der Waals surface area (Å²) in [6, 6.07) is 7.75. The van der Waals surface area contributed by atoms with Crippen LogP contribution in [0.5, 0.6) is 0 Å². The minimum absolute atomic E-state index is 0.0163. The normalized spacial score (nSPS) is 11.9. The fourth-order valence-corrected chi connectivity index (χ4v) is 4.26. The zero-order valence-corrected chi connectivity index (χ0v) is 18.7. The number of rotatable bonds is 11. The molecule has 0 aliphatic rings. The molecule has 0 unspecified atom stereocenters. The molecule has 0 saturated heterocycles. The summed E-state index contributed by atoms with van der Waals surface area (Å²) in [6.07, 6.45) is 1.68. The van der Waals surface area contributed by atoms with Crippen molar-refractivity contribution in [3.8, 4) is 0 Å². The number of nitrogens with zero attached hydrogens (tertiary/aromatic N) is 2. The van der Waals surface area contributed by atoms with Gasteiger partial charge < -0.3 is 26.5 Å². The predicted molar refractivity (Wildman–Crippen MR) is 122 cm³/mol. The van der Waals surface area contributed by atoms with Crippen molar-refractivity contribution in [3.05, 3.63) is 58.5 Å². The first-order valence-corrected chi connectivity index (χ1v) is 11.3. The lowest BCUT2D eigenvalue weighted by atomic mass is 10.1. The molecule has 0 aliphatic heterocycles. The van der Waals surface area contributed by atoms with Crippen LogP contribution in [0.1, 0.15) is 18.4 Å². The molecule has 0 spiro atoms. The Morgan fingerprint density at radius 1 is 1.18 bits per heavy atom. The summed E-state index contributed by atoms with van der Waals surface area (Å²) in [4.78, 5) is 40.2. The zero-order chi connectivity index (χ0) is 24.6. The van der Waals surface area contributed by atoms with Gasteiger partial charge in [0.1, 0.15) is 18.3 Å². The predicted octanol–water partition coefficient (Wildman–Crippen LogP) is -0.419. The van der Waals surface area contributed by atoms with Gasteiger partial charge in [-0.1, -0.05) is 18.2 Å². The lowest BCUT2D eigenvalue weighted by Gasteiger charge is -2.15. The second kappa shape index (κ2) is 11.1. The molecular weight excluding hydrogens is 452 g/mol. The summed E-state index contributed by atoms with van der Waals surface area (Å²) < 4.78 is 28.5. The summed E-state index contributed by atoms with van der Waals surface area (Å²) in [5.41, 5.74) is 9.91. The molecule has 1 amide bonds. The number of aliphatic carboxylic acids is 1. The van der Waals surface area contributed by atoms with Crippen LogP contribution >= 0.6 is 0 Å². The summed E-state index contributed by atoms with van der Waals surface area (Å²) in [7, 11) is -4.03. The van der Waals surface area contributed by atoms with Crippen molar-refractivity contribution >= 4 is 33.5 Å². The maximum atomic E-state index is 12.7. The summed E-state index contributed by atoms with van der Waals surface area (Å²) in [5.74, 6) is -2.10. The molecule has 0 bridgehead atoms. The Hall–Kier alpha value is -3.87. The molecule has 33 heavy (non-hydrogen) atoms. The highest BCUT2D eigenvalue weighted by Gasteiger charge is 2.21. The Kier molecular flexibility index (Phi) is 8.56. The smallest absolute Gasteiger partial charge is 0.326 e. The highest BCUT2D eigenvalue weighted by Crippen LogP contribution is 2.17. The van der Waals surface area contributed by atoms with E-state index >= 15 is 0 Å². The topological polar surface area (TPSA) is 199 Å². The molecule has 2 rings (SSSR count). The number of carboxylic acid groups (broad SMARTS) is 1. The van der Waals surface area contributed by atoms with Gasteiger partial charge in [0, 0.05) is 12.7 Å². The van der Waals surface area contributed by atoms with E-state index in [2.05, 4.69) is 15.0 Å². The van der Waals surface area contributed by atoms with Gasteiger partial charge >= 0.3 is 5.97 Å². The van der Waals surface area contributed by atoms with E-state index in [0.29, 0.717) is 12.0 Å². The Morgan fingerprint density at radius 2 is 1.88 bits per heavy atom. The maximum absolute atomic E-state index is 12.7. The fraction of sp³-hybridized carbons (Fsp3) is 0.300. The van der Waals surface area contributed by atoms with Gasteiger partial charge in [-0.25, -0.2) is 13.2 Å². The van der Waals surface area contributed by atoms with Crippen LogP contribution in [0.3, 0.4) is 0 Å². The van der Waals surface area contributed by atoms with Crippen molar-refractivity contribution in [2.24, 2.45) is 16.5 Å². The van der Waals surface area contributed by atoms with E-state index < -0.39 is 40.0 Å². The van der Waals surface area contributed by atoms with E-state index in [0.717, 1.165) is 4.57 Å². The zero-order valence-electron chi connectivity index (χ0n) is 17.9. The third-order valence-electron chi connectivity index (χ3n) is 4.54. The molecule has 1 heterocycles. The van der Waals surface area contributed by atoms with Gasteiger partial charge in [-0.05, 0) is 43.5 Å². The van der Waals surface area contributed by atoms with Gasteiger partial charge in [-0.15, -0.1) is 0 Å². The maximum Gasteiger partial charge on any atom is 0.326 e. The molecule has 0 fully saturated rings. The standard InChI is InChI=1S/C20H26N6O6S/c1-13-6-2-3-9-16(13)33(31,32)25-14-8-5-11-26(18(14)28)12-17(27)24-15(19(29)30)7-4-10-23-20(21)22/h2-3,5-6,8-9,11,15,25H,4,7,10,12H2,1H3,(H,24,27)(H,29,30)(H4,21,22,23)/t15-/m0/s1. The molecule has 1 aromatic carbocycles. The lowest BCUT2D eigenvalue weighted by Crippen LogP contribution is -2.43. The highest BCUT2D eigenvalue weighted by atomic mass is 32.2. The number of aromatic nitrogens is 1. The number of amides is 1. The Labute approximate surface area is 190 Å². The SMILES string of the molecule is Cc1ccccc1S(=O)(=O)Nc1cccn(CC(=O)N[C@@H](CCCN=C(N)N)C(=O)O)c1=O. The molecule has 0 aliphatic carbocycles. The van der Waals surface area contributed by atoms with Gasteiger partial charge in [0.2, 0.25) is 5.91 Å². The average Bonchev–Trinajstić information content (AvgIpc) is 2.73. The van der Waals surface area contributed by atoms with E-state index in [4.69, 9.17) is 11.5 Å². The van der Waals surface area contributed by atoms with Crippen LogP contribution in [0.2, 0.25) is 0 Å². The van der Waals surface area contributed by atoms with Gasteiger partial charge in [0.25, 0.3) is 15.6 Å². The van der Waals surface area contributed by atoms with Crippen molar-refractivity contribution in [2.45, 2.75) is 37.2 Å². The number of carboxylic acids is 1. The van der Waals surface area contributed by atoms with E-state index in [-0.39, 0.29) is 29.5 Å². The largest absolute Gasteiger partial charge is 0.480 e. The van der Waals surface area contributed by atoms with Crippen molar-refractivity contribution < 1.29 is 23.1 Å². The van der Waals surface area contributed by atoms with E-state index in [1.807, 2.05) is 0 Å². The number of pyridine rings is 1. The number of guanidine groups is 1. The molecule has 12 nitrogen and oxygen atoms in total. The molecule has 1 atom stereocenters.